The van der Waals surface area contributed by atoms with Crippen LogP contribution in [-0.4, -0.2) is 32.2 Å². The molecule has 1 aromatic rings. The minimum absolute atomic E-state index is 0. The smallest absolute Gasteiger partial charge is 0.191 e. The van der Waals surface area contributed by atoms with Gasteiger partial charge in [0.2, 0.25) is 0 Å². The quantitative estimate of drug-likeness (QED) is 0.445. The molecule has 5 heteroatoms. The molecule has 0 aliphatic rings. The van der Waals surface area contributed by atoms with Crippen molar-refractivity contribution in [2.75, 3.05) is 20.1 Å². The molecule has 4 nitrogen and oxygen atoms in total. The van der Waals surface area contributed by atoms with Crippen molar-refractivity contribution in [3.8, 4) is 5.75 Å². The highest BCUT2D eigenvalue weighted by Crippen LogP contribution is 2.10. The highest BCUT2D eigenvalue weighted by molar-refractivity contribution is 14.0. The van der Waals surface area contributed by atoms with Gasteiger partial charge in [-0.2, -0.15) is 0 Å². The van der Waals surface area contributed by atoms with Crippen LogP contribution in [0.2, 0.25) is 0 Å². The SMILES string of the molecule is CN=C(NCC(C)C)NCC(C)Oc1ccccc1.I. The normalized spacial score (nSPS) is 12.6. The fourth-order valence-corrected chi connectivity index (χ4v) is 1.53. The van der Waals surface area contributed by atoms with Gasteiger partial charge in [-0.05, 0) is 25.0 Å². The van der Waals surface area contributed by atoms with Gasteiger partial charge in [0.1, 0.15) is 11.9 Å². The highest BCUT2D eigenvalue weighted by Gasteiger charge is 2.05. The maximum atomic E-state index is 5.79. The molecule has 0 saturated carbocycles. The van der Waals surface area contributed by atoms with E-state index < -0.39 is 0 Å². The highest BCUT2D eigenvalue weighted by atomic mass is 127. The first-order chi connectivity index (χ1) is 9.11. The Hall–Kier alpha value is -0.980. The van der Waals surface area contributed by atoms with Gasteiger partial charge < -0.3 is 15.4 Å². The molecule has 0 fully saturated rings. The third kappa shape index (κ3) is 8.24. The molecule has 0 spiro atoms. The Kier molecular flexibility index (Phi) is 10.2. The van der Waals surface area contributed by atoms with Crippen LogP contribution in [0.4, 0.5) is 0 Å². The van der Waals surface area contributed by atoms with Gasteiger partial charge in [-0.1, -0.05) is 32.0 Å². The van der Waals surface area contributed by atoms with E-state index in [1.54, 1.807) is 7.05 Å². The first-order valence-corrected chi connectivity index (χ1v) is 6.78. The minimum atomic E-state index is 0. The molecule has 114 valence electrons. The van der Waals surface area contributed by atoms with E-state index in [4.69, 9.17) is 4.74 Å². The van der Waals surface area contributed by atoms with Crippen LogP contribution in [0.3, 0.4) is 0 Å². The Morgan fingerprint density at radius 3 is 2.25 bits per heavy atom. The molecule has 1 unspecified atom stereocenters. The second-order valence-corrected chi connectivity index (χ2v) is 4.97. The number of hydrogen-bond donors (Lipinski definition) is 2. The van der Waals surface area contributed by atoms with E-state index in [2.05, 4.69) is 29.5 Å². The Bertz CT molecular complexity index is 382. The molecule has 0 bridgehead atoms. The zero-order chi connectivity index (χ0) is 14.1. The molecule has 0 aliphatic carbocycles. The Morgan fingerprint density at radius 2 is 1.70 bits per heavy atom. The van der Waals surface area contributed by atoms with Gasteiger partial charge >= 0.3 is 0 Å². The zero-order valence-corrected chi connectivity index (χ0v) is 15.0. The number of guanidine groups is 1. The number of nitrogens with zero attached hydrogens (tertiary/aromatic N) is 1. The fourth-order valence-electron chi connectivity index (χ4n) is 1.53. The van der Waals surface area contributed by atoms with E-state index >= 15 is 0 Å². The van der Waals surface area contributed by atoms with Crippen LogP contribution in [0.5, 0.6) is 5.75 Å². The molecular formula is C15H26IN3O. The van der Waals surface area contributed by atoms with Crippen LogP contribution in [0, 0.1) is 5.92 Å². The van der Waals surface area contributed by atoms with Crippen LogP contribution in [0.1, 0.15) is 20.8 Å². The standard InChI is InChI=1S/C15H25N3O.HI/c1-12(2)10-17-15(16-4)18-11-13(3)19-14-8-6-5-7-9-14;/h5-9,12-13H,10-11H2,1-4H3,(H2,16,17,18);1H. The first-order valence-electron chi connectivity index (χ1n) is 6.78. The molecule has 1 atom stereocenters. The number of nitrogens with one attached hydrogen (secondary N) is 2. The summed E-state index contributed by atoms with van der Waals surface area (Å²) in [6, 6.07) is 9.84. The van der Waals surface area contributed by atoms with Gasteiger partial charge in [-0.25, -0.2) is 0 Å². The van der Waals surface area contributed by atoms with Crippen molar-refractivity contribution >= 4 is 29.9 Å². The van der Waals surface area contributed by atoms with E-state index in [0.29, 0.717) is 12.5 Å². The fraction of sp³-hybridized carbons (Fsp3) is 0.533. The molecular weight excluding hydrogens is 365 g/mol. The number of benzene rings is 1. The van der Waals surface area contributed by atoms with Gasteiger partial charge in [-0.15, -0.1) is 24.0 Å². The van der Waals surface area contributed by atoms with E-state index in [1.807, 2.05) is 37.3 Å². The van der Waals surface area contributed by atoms with Crippen molar-refractivity contribution in [2.45, 2.75) is 26.9 Å². The van der Waals surface area contributed by atoms with Crippen molar-refractivity contribution in [1.29, 1.82) is 0 Å². The predicted molar refractivity (Wildman–Crippen MR) is 96.1 cm³/mol. The van der Waals surface area contributed by atoms with Crippen molar-refractivity contribution in [3.05, 3.63) is 30.3 Å². The monoisotopic (exact) mass is 391 g/mol. The number of halogens is 1. The largest absolute Gasteiger partial charge is 0.489 e. The molecule has 0 saturated heterocycles. The Labute approximate surface area is 139 Å². The molecule has 20 heavy (non-hydrogen) atoms. The number of rotatable bonds is 6. The average Bonchev–Trinajstić information content (AvgIpc) is 2.39. The molecule has 0 amide bonds. The number of aliphatic imine (C=N–C) groups is 1. The lowest BCUT2D eigenvalue weighted by atomic mass is 10.2. The van der Waals surface area contributed by atoms with Crippen molar-refractivity contribution in [2.24, 2.45) is 10.9 Å². The lowest BCUT2D eigenvalue weighted by Gasteiger charge is -2.18. The van der Waals surface area contributed by atoms with E-state index in [1.165, 1.54) is 0 Å². The van der Waals surface area contributed by atoms with Crippen molar-refractivity contribution < 1.29 is 4.74 Å². The summed E-state index contributed by atoms with van der Waals surface area (Å²) in [5.74, 6) is 2.30. The maximum Gasteiger partial charge on any atom is 0.191 e. The van der Waals surface area contributed by atoms with Gasteiger partial charge in [0, 0.05) is 13.6 Å². The van der Waals surface area contributed by atoms with Crippen LogP contribution in [0.25, 0.3) is 0 Å². The Balaban J connectivity index is 0.00000361. The average molecular weight is 391 g/mol. The van der Waals surface area contributed by atoms with Crippen LogP contribution in [0.15, 0.2) is 35.3 Å². The zero-order valence-electron chi connectivity index (χ0n) is 12.7. The summed E-state index contributed by atoms with van der Waals surface area (Å²) in [4.78, 5) is 4.18. The van der Waals surface area contributed by atoms with Gasteiger partial charge in [0.15, 0.2) is 5.96 Å². The molecule has 2 N–H and O–H groups in total. The minimum Gasteiger partial charge on any atom is -0.489 e. The van der Waals surface area contributed by atoms with Gasteiger partial charge in [0.25, 0.3) is 0 Å². The molecule has 0 aliphatic heterocycles. The van der Waals surface area contributed by atoms with E-state index in [0.717, 1.165) is 18.3 Å². The molecule has 0 radical (unpaired) electrons. The summed E-state index contributed by atoms with van der Waals surface area (Å²) in [5, 5.41) is 6.53. The van der Waals surface area contributed by atoms with Crippen LogP contribution < -0.4 is 15.4 Å². The summed E-state index contributed by atoms with van der Waals surface area (Å²) in [7, 11) is 1.78. The maximum absolute atomic E-state index is 5.79. The number of para-hydroxylation sites is 1. The van der Waals surface area contributed by atoms with Crippen molar-refractivity contribution in [3.63, 3.8) is 0 Å². The molecule has 0 aromatic heterocycles. The summed E-state index contributed by atoms with van der Waals surface area (Å²) < 4.78 is 5.79. The summed E-state index contributed by atoms with van der Waals surface area (Å²) in [6.45, 7) is 8.00. The number of ether oxygens (including phenoxy) is 1. The second kappa shape index (κ2) is 10.8. The van der Waals surface area contributed by atoms with Crippen LogP contribution in [-0.2, 0) is 0 Å². The van der Waals surface area contributed by atoms with Gasteiger partial charge in [0.05, 0.1) is 6.54 Å². The Morgan fingerprint density at radius 1 is 1.10 bits per heavy atom. The second-order valence-electron chi connectivity index (χ2n) is 4.97. The van der Waals surface area contributed by atoms with E-state index in [-0.39, 0.29) is 30.1 Å². The number of hydrogen-bond acceptors (Lipinski definition) is 2. The summed E-state index contributed by atoms with van der Waals surface area (Å²) >= 11 is 0. The van der Waals surface area contributed by atoms with E-state index in [9.17, 15) is 0 Å². The molecule has 1 aromatic carbocycles. The van der Waals surface area contributed by atoms with Crippen LogP contribution >= 0.6 is 24.0 Å². The lowest BCUT2D eigenvalue weighted by molar-refractivity contribution is 0.224. The summed E-state index contributed by atoms with van der Waals surface area (Å²) in [5.41, 5.74) is 0. The molecule has 0 heterocycles. The first kappa shape index (κ1) is 19.0. The lowest BCUT2D eigenvalue weighted by Crippen LogP contribution is -2.42. The topological polar surface area (TPSA) is 45.7 Å². The predicted octanol–water partition coefficient (Wildman–Crippen LogP) is 2.89. The third-order valence-corrected chi connectivity index (χ3v) is 2.54. The van der Waals surface area contributed by atoms with Gasteiger partial charge in [-0.3, -0.25) is 4.99 Å². The van der Waals surface area contributed by atoms with Crippen molar-refractivity contribution in [1.82, 2.24) is 10.6 Å². The third-order valence-electron chi connectivity index (χ3n) is 2.54. The summed E-state index contributed by atoms with van der Waals surface area (Å²) in [6.07, 6.45) is 0.0833. The molecule has 1 rings (SSSR count).